The fraction of sp³-hybridized carbons (Fsp3) is 0.111. The number of aromatic nitrogens is 3. The number of nitriles is 1. The second-order valence-corrected chi connectivity index (χ2v) is 7.59. The van der Waals surface area contributed by atoms with E-state index in [0.29, 0.717) is 12.1 Å². The average Bonchev–Trinajstić information content (AvgIpc) is 3.21. The van der Waals surface area contributed by atoms with Crippen LogP contribution in [0, 0.1) is 18.3 Å². The summed E-state index contributed by atoms with van der Waals surface area (Å²) in [5, 5.41) is 26.1. The van der Waals surface area contributed by atoms with Crippen molar-refractivity contribution in [3.8, 4) is 11.8 Å². The monoisotopic (exact) mass is 460 g/mol. The van der Waals surface area contributed by atoms with Crippen LogP contribution < -0.4 is 0 Å². The van der Waals surface area contributed by atoms with E-state index < -0.39 is 0 Å². The number of halogens is 1. The maximum atomic E-state index is 10.5. The van der Waals surface area contributed by atoms with E-state index >= 15 is 0 Å². The number of benzene rings is 2. The van der Waals surface area contributed by atoms with Crippen molar-refractivity contribution in [2.75, 3.05) is 0 Å². The van der Waals surface area contributed by atoms with E-state index in [4.69, 9.17) is 5.26 Å². The van der Waals surface area contributed by atoms with Gasteiger partial charge in [-0.25, -0.2) is 0 Å². The number of hydrogen-bond acceptors (Lipinski definition) is 4. The van der Waals surface area contributed by atoms with Crippen molar-refractivity contribution in [3.05, 3.63) is 59.4 Å². The molecule has 4 aromatic rings. The van der Waals surface area contributed by atoms with Crippen LogP contribution in [-0.2, 0) is 6.54 Å². The fourth-order valence-electron chi connectivity index (χ4n) is 3.15. The topological polar surface area (TPSA) is 66.8 Å². The number of phenols is 1. The summed E-state index contributed by atoms with van der Waals surface area (Å²) in [7, 11) is 1.60. The summed E-state index contributed by atoms with van der Waals surface area (Å²) in [6.07, 6.45) is 3.95. The lowest BCUT2D eigenvalue weighted by atomic mass is 10.1. The lowest BCUT2D eigenvalue weighted by molar-refractivity contribution is 0.465. The summed E-state index contributed by atoms with van der Waals surface area (Å²) < 4.78 is 3.90. The van der Waals surface area contributed by atoms with Gasteiger partial charge in [-0.1, -0.05) is 0 Å². The highest BCUT2D eigenvalue weighted by molar-refractivity contribution is 14.2. The molecule has 0 amide bonds. The van der Waals surface area contributed by atoms with E-state index in [1.165, 1.54) is 0 Å². The van der Waals surface area contributed by atoms with Crippen molar-refractivity contribution < 1.29 is 5.11 Å². The largest absolute Gasteiger partial charge is 0.508 e. The number of nitrogens with zero attached hydrogens (tertiary/aromatic N) is 4. The lowest BCUT2D eigenvalue weighted by Gasteiger charge is -2.10. The van der Waals surface area contributed by atoms with Crippen molar-refractivity contribution in [1.82, 2.24) is 13.8 Å². The zero-order chi connectivity index (χ0) is 17.6. The Morgan fingerprint density at radius 2 is 2.16 bits per heavy atom. The van der Waals surface area contributed by atoms with Crippen molar-refractivity contribution in [3.63, 3.8) is 0 Å². The molecule has 0 atom stereocenters. The van der Waals surface area contributed by atoms with Crippen LogP contribution in [0.5, 0.6) is 5.75 Å². The van der Waals surface area contributed by atoms with Gasteiger partial charge in [0.25, 0.3) is 0 Å². The Morgan fingerprint density at radius 1 is 1.32 bits per heavy atom. The van der Waals surface area contributed by atoms with Crippen LogP contribution in [0.4, 0.5) is 0 Å². The van der Waals surface area contributed by atoms with Crippen molar-refractivity contribution in [2.45, 2.75) is 13.5 Å². The average molecular weight is 460 g/mol. The molecule has 0 saturated carbocycles. The van der Waals surface area contributed by atoms with Crippen LogP contribution >= 0.6 is 30.3 Å². The maximum absolute atomic E-state index is 10.5. The molecule has 0 fully saturated rings. The Morgan fingerprint density at radius 3 is 2.92 bits per heavy atom. The third kappa shape index (κ3) is 2.75. The summed E-state index contributed by atoms with van der Waals surface area (Å²) in [4.78, 5) is 0. The molecular formula is C18H13IN4OS. The lowest BCUT2D eigenvalue weighted by Crippen LogP contribution is -2.01. The van der Waals surface area contributed by atoms with Gasteiger partial charge < -0.3 is 5.11 Å². The highest BCUT2D eigenvalue weighted by Crippen LogP contribution is 2.35. The molecule has 0 bridgehead atoms. The van der Waals surface area contributed by atoms with Gasteiger partial charge in [-0.05, 0) is 42.8 Å². The number of aromatic hydroxyl groups is 1. The van der Waals surface area contributed by atoms with Crippen molar-refractivity contribution in [2.24, 2.45) is 0 Å². The molecule has 25 heavy (non-hydrogen) atoms. The highest BCUT2D eigenvalue weighted by Gasteiger charge is 2.15. The van der Waals surface area contributed by atoms with Gasteiger partial charge in [0.2, 0.25) is 0 Å². The van der Waals surface area contributed by atoms with Crippen LogP contribution in [0.1, 0.15) is 16.7 Å². The summed E-state index contributed by atoms with van der Waals surface area (Å²) >= 11 is 2.25. The maximum Gasteiger partial charge on any atom is 0.121 e. The van der Waals surface area contributed by atoms with Gasteiger partial charge in [0.15, 0.2) is 0 Å². The van der Waals surface area contributed by atoms with E-state index in [1.54, 1.807) is 27.3 Å². The zero-order valence-corrected chi connectivity index (χ0v) is 16.2. The molecule has 2 heterocycles. The van der Waals surface area contributed by atoms with E-state index in [0.717, 1.165) is 32.9 Å². The predicted octanol–water partition coefficient (Wildman–Crippen LogP) is 4.77. The van der Waals surface area contributed by atoms with E-state index in [-0.39, 0.29) is 5.75 Å². The molecule has 2 aromatic heterocycles. The standard InChI is InChI=1S/C18H13IN4OS/c1-11-6-17(24)15(14-4-5-23(25-19)18(11)14)10-22-9-13-3-2-12(8-20)7-16(13)21-22/h2-7,9,24H,10H2,1H3. The van der Waals surface area contributed by atoms with Crippen molar-refractivity contribution in [1.29, 1.82) is 5.26 Å². The molecule has 124 valence electrons. The van der Waals surface area contributed by atoms with Gasteiger partial charge in [0, 0.05) is 59.1 Å². The van der Waals surface area contributed by atoms with Crippen LogP contribution in [0.15, 0.2) is 42.7 Å². The molecule has 1 N–H and O–H groups in total. The van der Waals surface area contributed by atoms with Gasteiger partial charge in [-0.15, -0.1) is 0 Å². The Balaban J connectivity index is 1.83. The first-order valence-electron chi connectivity index (χ1n) is 7.59. The highest BCUT2D eigenvalue weighted by atomic mass is 127. The second kappa shape index (κ2) is 6.28. The molecule has 0 aliphatic carbocycles. The first-order valence-corrected chi connectivity index (χ1v) is 10.9. The van der Waals surface area contributed by atoms with Gasteiger partial charge in [0.1, 0.15) is 5.75 Å². The molecule has 2 aromatic carbocycles. The van der Waals surface area contributed by atoms with Crippen LogP contribution in [-0.4, -0.2) is 18.9 Å². The number of hydrogen-bond donors (Lipinski definition) is 1. The smallest absolute Gasteiger partial charge is 0.121 e. The zero-order valence-electron chi connectivity index (χ0n) is 13.3. The molecule has 0 saturated heterocycles. The van der Waals surface area contributed by atoms with Gasteiger partial charge in [-0.2, -0.15) is 10.4 Å². The van der Waals surface area contributed by atoms with E-state index in [2.05, 4.69) is 36.3 Å². The molecule has 0 aliphatic heterocycles. The van der Waals surface area contributed by atoms with Crippen LogP contribution in [0.25, 0.3) is 21.8 Å². The van der Waals surface area contributed by atoms with Gasteiger partial charge in [-0.3, -0.25) is 8.65 Å². The third-order valence-corrected chi connectivity index (χ3v) is 6.02. The number of aryl methyl sites for hydroxylation is 1. The Kier molecular flexibility index (Phi) is 4.09. The Bertz CT molecular complexity index is 1160. The second-order valence-electron chi connectivity index (χ2n) is 5.88. The molecule has 7 heteroatoms. The summed E-state index contributed by atoms with van der Waals surface area (Å²) in [5.41, 5.74) is 4.36. The number of phenolic OH excluding ortho intramolecular Hbond substituents is 1. The fourth-order valence-corrected chi connectivity index (χ4v) is 4.55. The molecule has 0 spiro atoms. The first kappa shape index (κ1) is 16.3. The minimum atomic E-state index is 0.276. The molecule has 0 aliphatic rings. The van der Waals surface area contributed by atoms with E-state index in [9.17, 15) is 5.11 Å². The molecule has 4 rings (SSSR count). The van der Waals surface area contributed by atoms with Gasteiger partial charge >= 0.3 is 0 Å². The molecular weight excluding hydrogens is 447 g/mol. The summed E-state index contributed by atoms with van der Waals surface area (Å²) in [6.45, 7) is 2.47. The van der Waals surface area contributed by atoms with Crippen molar-refractivity contribution >= 4 is 52.1 Å². The molecule has 0 radical (unpaired) electrons. The SMILES string of the molecule is Cc1cc(O)c(Cn2cc3ccc(C#N)cc3n2)c2ccn(SI)c12. The third-order valence-electron chi connectivity index (χ3n) is 4.29. The molecule has 0 unspecified atom stereocenters. The first-order chi connectivity index (χ1) is 12.1. The summed E-state index contributed by atoms with van der Waals surface area (Å²) in [5.74, 6) is 0.276. The quantitative estimate of drug-likeness (QED) is 0.448. The van der Waals surface area contributed by atoms with Crippen LogP contribution in [0.2, 0.25) is 0 Å². The van der Waals surface area contributed by atoms with Crippen LogP contribution in [0.3, 0.4) is 0 Å². The number of rotatable bonds is 3. The minimum absolute atomic E-state index is 0.276. The Hall–Kier alpha value is -2.18. The van der Waals surface area contributed by atoms with E-state index in [1.807, 2.05) is 36.1 Å². The van der Waals surface area contributed by atoms with Gasteiger partial charge in [0.05, 0.1) is 29.2 Å². The molecule has 5 nitrogen and oxygen atoms in total. The predicted molar refractivity (Wildman–Crippen MR) is 109 cm³/mol. The normalized spacial score (nSPS) is 11.2. The minimum Gasteiger partial charge on any atom is -0.508 e. The Labute approximate surface area is 160 Å². The number of fused-ring (bicyclic) bond motifs is 2. The summed E-state index contributed by atoms with van der Waals surface area (Å²) in [6, 6.07) is 11.4.